The summed E-state index contributed by atoms with van der Waals surface area (Å²) in [6.07, 6.45) is 0.440. The molecule has 60 valence electrons. The second-order valence-electron chi connectivity index (χ2n) is 2.89. The molecule has 0 atom stereocenters. The number of halogens is 1. The second-order valence-corrected chi connectivity index (χ2v) is 3.33. The number of hydrogen-bond donors (Lipinski definition) is 0. The lowest BCUT2D eigenvalue weighted by molar-refractivity contribution is 0.100. The number of hydrogen-bond acceptors (Lipinski definition) is 1. The molecule has 0 heterocycles. The number of Topliss-reactive ketones (excluding diaryl/α,β-unsaturated/α-hetero) is 1. The second kappa shape index (κ2) is 2.46. The molecule has 0 aliphatic heterocycles. The normalized spacial score (nSPS) is 15.1. The maximum Gasteiger partial charge on any atom is 0.167 e. The van der Waals surface area contributed by atoms with E-state index >= 15 is 0 Å². The van der Waals surface area contributed by atoms with Crippen LogP contribution in [0.1, 0.15) is 22.3 Å². The molecule has 0 unspecified atom stereocenters. The highest BCUT2D eigenvalue weighted by molar-refractivity contribution is 6.31. The van der Waals surface area contributed by atoms with Crippen molar-refractivity contribution in [3.05, 3.63) is 40.9 Å². The highest BCUT2D eigenvalue weighted by atomic mass is 35.5. The maximum absolute atomic E-state index is 11.3. The van der Waals surface area contributed by atoms with Crippen molar-refractivity contribution in [1.82, 2.24) is 0 Å². The molecule has 0 saturated carbocycles. The van der Waals surface area contributed by atoms with Crippen LogP contribution in [0.4, 0.5) is 0 Å². The standard InChI is InChI=1S/C10H7ClO/c1-6-4-10(12)9-5-7(11)2-3-8(6)9/h2-3,5H,1,4H2. The number of carbonyl (C=O) groups excluding carboxylic acids is 1. The molecule has 0 aromatic heterocycles. The Hall–Kier alpha value is -1.08. The average molecular weight is 179 g/mol. The summed E-state index contributed by atoms with van der Waals surface area (Å²) in [6.45, 7) is 3.81. The van der Waals surface area contributed by atoms with Gasteiger partial charge in [0.15, 0.2) is 5.78 Å². The van der Waals surface area contributed by atoms with Crippen LogP contribution < -0.4 is 0 Å². The number of allylic oxidation sites excluding steroid dienone is 1. The Morgan fingerprint density at radius 3 is 2.83 bits per heavy atom. The SMILES string of the molecule is C=C1CC(=O)c2cc(Cl)ccc21. The van der Waals surface area contributed by atoms with E-state index in [0.717, 1.165) is 11.1 Å². The minimum atomic E-state index is 0.123. The summed E-state index contributed by atoms with van der Waals surface area (Å²) >= 11 is 5.75. The van der Waals surface area contributed by atoms with Gasteiger partial charge in [-0.05, 0) is 23.3 Å². The smallest absolute Gasteiger partial charge is 0.167 e. The van der Waals surface area contributed by atoms with Crippen LogP contribution in [0, 0.1) is 0 Å². The van der Waals surface area contributed by atoms with Crippen LogP contribution in [0.15, 0.2) is 24.8 Å². The van der Waals surface area contributed by atoms with E-state index in [9.17, 15) is 4.79 Å². The van der Waals surface area contributed by atoms with Crippen molar-refractivity contribution in [1.29, 1.82) is 0 Å². The summed E-state index contributed by atoms with van der Waals surface area (Å²) in [5.41, 5.74) is 2.56. The third-order valence-corrected chi connectivity index (χ3v) is 2.27. The van der Waals surface area contributed by atoms with Gasteiger partial charge in [0.25, 0.3) is 0 Å². The third-order valence-electron chi connectivity index (χ3n) is 2.04. The Balaban J connectivity index is 2.68. The van der Waals surface area contributed by atoms with E-state index < -0.39 is 0 Å². The van der Waals surface area contributed by atoms with Gasteiger partial charge < -0.3 is 0 Å². The van der Waals surface area contributed by atoms with Crippen molar-refractivity contribution < 1.29 is 4.79 Å². The van der Waals surface area contributed by atoms with Crippen LogP contribution in [0.5, 0.6) is 0 Å². The van der Waals surface area contributed by atoms with Crippen molar-refractivity contribution >= 4 is 23.0 Å². The van der Waals surface area contributed by atoms with Crippen molar-refractivity contribution in [3.8, 4) is 0 Å². The monoisotopic (exact) mass is 178 g/mol. The predicted octanol–water partition coefficient (Wildman–Crippen LogP) is 2.94. The molecule has 0 bridgehead atoms. The lowest BCUT2D eigenvalue weighted by Gasteiger charge is -1.97. The molecule has 0 fully saturated rings. The number of benzene rings is 1. The molecule has 1 aromatic carbocycles. The zero-order chi connectivity index (χ0) is 8.72. The zero-order valence-electron chi connectivity index (χ0n) is 6.43. The van der Waals surface area contributed by atoms with Gasteiger partial charge in [-0.3, -0.25) is 4.79 Å². The topological polar surface area (TPSA) is 17.1 Å². The highest BCUT2D eigenvalue weighted by Gasteiger charge is 2.22. The number of fused-ring (bicyclic) bond motifs is 1. The molecule has 0 N–H and O–H groups in total. The van der Waals surface area contributed by atoms with E-state index in [1.165, 1.54) is 0 Å². The summed E-state index contributed by atoms with van der Waals surface area (Å²) in [6, 6.07) is 5.34. The van der Waals surface area contributed by atoms with Crippen LogP contribution in [-0.4, -0.2) is 5.78 Å². The maximum atomic E-state index is 11.3. The largest absolute Gasteiger partial charge is 0.294 e. The molecular formula is C10H7ClO. The van der Waals surface area contributed by atoms with Gasteiger partial charge in [0.2, 0.25) is 0 Å². The predicted molar refractivity (Wildman–Crippen MR) is 49.4 cm³/mol. The van der Waals surface area contributed by atoms with Crippen LogP contribution in [0.2, 0.25) is 5.02 Å². The number of ketones is 1. The highest BCUT2D eigenvalue weighted by Crippen LogP contribution is 2.32. The third kappa shape index (κ3) is 0.978. The van der Waals surface area contributed by atoms with E-state index in [0.29, 0.717) is 17.0 Å². The number of rotatable bonds is 0. The van der Waals surface area contributed by atoms with Crippen molar-refractivity contribution in [2.75, 3.05) is 0 Å². The molecular weight excluding hydrogens is 172 g/mol. The van der Waals surface area contributed by atoms with Gasteiger partial charge in [0, 0.05) is 17.0 Å². The van der Waals surface area contributed by atoms with E-state index in [1.807, 2.05) is 6.07 Å². The Morgan fingerprint density at radius 1 is 1.33 bits per heavy atom. The minimum absolute atomic E-state index is 0.123. The van der Waals surface area contributed by atoms with Gasteiger partial charge in [0.1, 0.15) is 0 Å². The van der Waals surface area contributed by atoms with E-state index in [4.69, 9.17) is 11.6 Å². The lowest BCUT2D eigenvalue weighted by Crippen LogP contribution is -1.89. The van der Waals surface area contributed by atoms with Crippen LogP contribution in [0.3, 0.4) is 0 Å². The quantitative estimate of drug-likeness (QED) is 0.597. The molecule has 1 aromatic rings. The lowest BCUT2D eigenvalue weighted by atomic mass is 10.1. The summed E-state index contributed by atoms with van der Waals surface area (Å²) in [4.78, 5) is 11.3. The first-order valence-electron chi connectivity index (χ1n) is 3.69. The molecule has 2 rings (SSSR count). The molecule has 2 heteroatoms. The molecule has 1 aliphatic rings. The Bertz CT molecular complexity index is 379. The fourth-order valence-corrected chi connectivity index (χ4v) is 1.61. The van der Waals surface area contributed by atoms with Gasteiger partial charge >= 0.3 is 0 Å². The molecule has 12 heavy (non-hydrogen) atoms. The first-order chi connectivity index (χ1) is 5.68. The van der Waals surface area contributed by atoms with E-state index in [2.05, 4.69) is 6.58 Å². The first-order valence-corrected chi connectivity index (χ1v) is 4.07. The van der Waals surface area contributed by atoms with Gasteiger partial charge in [-0.2, -0.15) is 0 Å². The Kier molecular flexibility index (Phi) is 1.55. The van der Waals surface area contributed by atoms with E-state index in [1.54, 1.807) is 12.1 Å². The fourth-order valence-electron chi connectivity index (χ4n) is 1.44. The van der Waals surface area contributed by atoms with Crippen LogP contribution in [-0.2, 0) is 0 Å². The van der Waals surface area contributed by atoms with Gasteiger partial charge in [-0.15, -0.1) is 0 Å². The fraction of sp³-hybridized carbons (Fsp3) is 0.100. The Labute approximate surface area is 75.7 Å². The zero-order valence-corrected chi connectivity index (χ0v) is 7.19. The van der Waals surface area contributed by atoms with Crippen molar-refractivity contribution in [2.24, 2.45) is 0 Å². The average Bonchev–Trinajstić information content (AvgIpc) is 2.28. The van der Waals surface area contributed by atoms with Gasteiger partial charge in [0.05, 0.1) is 0 Å². The van der Waals surface area contributed by atoms with Gasteiger partial charge in [-0.1, -0.05) is 24.2 Å². The molecule has 1 aliphatic carbocycles. The molecule has 0 spiro atoms. The summed E-state index contributed by atoms with van der Waals surface area (Å²) in [5.74, 6) is 0.123. The van der Waals surface area contributed by atoms with E-state index in [-0.39, 0.29) is 5.78 Å². The summed E-state index contributed by atoms with van der Waals surface area (Å²) in [7, 11) is 0. The molecule has 0 saturated heterocycles. The van der Waals surface area contributed by atoms with Crippen molar-refractivity contribution in [2.45, 2.75) is 6.42 Å². The molecule has 1 nitrogen and oxygen atoms in total. The first kappa shape index (κ1) is 7.56. The molecule has 0 amide bonds. The van der Waals surface area contributed by atoms with Crippen LogP contribution in [0.25, 0.3) is 5.57 Å². The molecule has 0 radical (unpaired) electrons. The number of carbonyl (C=O) groups is 1. The summed E-state index contributed by atoms with van der Waals surface area (Å²) in [5, 5.41) is 0.608. The van der Waals surface area contributed by atoms with Gasteiger partial charge in [-0.25, -0.2) is 0 Å². The van der Waals surface area contributed by atoms with Crippen LogP contribution >= 0.6 is 11.6 Å². The summed E-state index contributed by atoms with van der Waals surface area (Å²) < 4.78 is 0. The minimum Gasteiger partial charge on any atom is -0.294 e. The van der Waals surface area contributed by atoms with Crippen molar-refractivity contribution in [3.63, 3.8) is 0 Å². The Morgan fingerprint density at radius 2 is 2.08 bits per heavy atom.